The van der Waals surface area contributed by atoms with E-state index in [9.17, 15) is 17.2 Å². The molecule has 0 bridgehead atoms. The molecule has 1 aromatic heterocycles. The fraction of sp³-hybridized carbons (Fsp3) is 0.375. The second-order valence-corrected chi connectivity index (χ2v) is 5.73. The molecule has 1 aromatic rings. The van der Waals surface area contributed by atoms with Crippen molar-refractivity contribution in [3.63, 3.8) is 0 Å². The second kappa shape index (κ2) is 6.07. The van der Waals surface area contributed by atoms with Crippen LogP contribution in [0.3, 0.4) is 0 Å². The fourth-order valence-electron chi connectivity index (χ4n) is 0.918. The molecular formula is C8H8Cl2F2N2O3S. The average Bonchev–Trinajstić information content (AvgIpc) is 2.29. The summed E-state index contributed by atoms with van der Waals surface area (Å²) in [5.74, 6) is 0. The van der Waals surface area contributed by atoms with Gasteiger partial charge >= 0.3 is 0 Å². The zero-order valence-corrected chi connectivity index (χ0v) is 11.0. The molecule has 0 saturated heterocycles. The molecule has 0 radical (unpaired) electrons. The number of rotatable bonds is 5. The second-order valence-electron chi connectivity index (χ2n) is 3.20. The molecular weight excluding hydrogens is 313 g/mol. The zero-order valence-electron chi connectivity index (χ0n) is 8.65. The number of halogens is 4. The Hall–Kier alpha value is -0.540. The summed E-state index contributed by atoms with van der Waals surface area (Å²) in [5.41, 5.74) is 0. The van der Waals surface area contributed by atoms with E-state index in [2.05, 4.69) is 4.98 Å². The van der Waals surface area contributed by atoms with Gasteiger partial charge in [-0.2, -0.15) is 0 Å². The Labute approximate surface area is 112 Å². The first-order chi connectivity index (χ1) is 8.24. The van der Waals surface area contributed by atoms with Gasteiger partial charge in [0.2, 0.25) is 10.0 Å². The Balaban J connectivity index is 2.83. The monoisotopic (exact) mass is 320 g/mol. The van der Waals surface area contributed by atoms with Gasteiger partial charge in [0.15, 0.2) is 0 Å². The summed E-state index contributed by atoms with van der Waals surface area (Å²) in [5, 5.41) is 8.63. The van der Waals surface area contributed by atoms with Crippen LogP contribution in [0.2, 0.25) is 10.2 Å². The van der Waals surface area contributed by atoms with Crippen molar-refractivity contribution in [1.29, 1.82) is 0 Å². The molecule has 0 aliphatic heterocycles. The molecule has 0 fully saturated rings. The first kappa shape index (κ1) is 15.5. The van der Waals surface area contributed by atoms with Crippen molar-refractivity contribution in [1.82, 2.24) is 9.71 Å². The van der Waals surface area contributed by atoms with E-state index in [4.69, 9.17) is 28.3 Å². The van der Waals surface area contributed by atoms with E-state index in [1.54, 1.807) is 4.72 Å². The van der Waals surface area contributed by atoms with Crippen LogP contribution in [0.1, 0.15) is 0 Å². The Morgan fingerprint density at radius 3 is 2.56 bits per heavy atom. The van der Waals surface area contributed by atoms with Gasteiger partial charge < -0.3 is 5.11 Å². The Kier molecular flexibility index (Phi) is 5.23. The number of aliphatic hydroxyl groups is 1. The SMILES string of the molecule is O=S(=O)(NCC(O)C(F)F)c1cnc(Cl)c(Cl)c1. The molecule has 1 heterocycles. The highest BCUT2D eigenvalue weighted by molar-refractivity contribution is 7.89. The van der Waals surface area contributed by atoms with Crippen LogP contribution in [-0.2, 0) is 10.0 Å². The van der Waals surface area contributed by atoms with E-state index >= 15 is 0 Å². The summed E-state index contributed by atoms with van der Waals surface area (Å²) in [7, 11) is -4.08. The lowest BCUT2D eigenvalue weighted by molar-refractivity contribution is -0.000452. The lowest BCUT2D eigenvalue weighted by Gasteiger charge is -2.11. The highest BCUT2D eigenvalue weighted by Gasteiger charge is 2.22. The van der Waals surface area contributed by atoms with Gasteiger partial charge in [-0.1, -0.05) is 23.2 Å². The largest absolute Gasteiger partial charge is 0.386 e. The Morgan fingerprint density at radius 2 is 2.06 bits per heavy atom. The highest BCUT2D eigenvalue weighted by atomic mass is 35.5. The third kappa shape index (κ3) is 3.99. The third-order valence-corrected chi connectivity index (χ3v) is 3.93. The lowest BCUT2D eigenvalue weighted by Crippen LogP contribution is -2.35. The Morgan fingerprint density at radius 1 is 1.44 bits per heavy atom. The van der Waals surface area contributed by atoms with E-state index in [1.165, 1.54) is 0 Å². The fourth-order valence-corrected chi connectivity index (χ4v) is 2.27. The third-order valence-electron chi connectivity index (χ3n) is 1.85. The quantitative estimate of drug-likeness (QED) is 0.801. The van der Waals surface area contributed by atoms with Gasteiger partial charge in [0.25, 0.3) is 6.43 Å². The minimum absolute atomic E-state index is 0.0803. The molecule has 0 spiro atoms. The summed E-state index contributed by atoms with van der Waals surface area (Å²) in [6.45, 7) is -0.819. The number of aromatic nitrogens is 1. The minimum atomic E-state index is -4.08. The van der Waals surface area contributed by atoms with Crippen molar-refractivity contribution in [2.45, 2.75) is 17.4 Å². The molecule has 1 rings (SSSR count). The van der Waals surface area contributed by atoms with E-state index in [-0.39, 0.29) is 15.1 Å². The van der Waals surface area contributed by atoms with Crippen molar-refractivity contribution >= 4 is 33.2 Å². The van der Waals surface area contributed by atoms with E-state index < -0.39 is 29.1 Å². The molecule has 1 atom stereocenters. The van der Waals surface area contributed by atoms with Crippen molar-refractivity contribution in [3.8, 4) is 0 Å². The maximum Gasteiger partial charge on any atom is 0.265 e. The molecule has 2 N–H and O–H groups in total. The first-order valence-corrected chi connectivity index (χ1v) is 6.75. The van der Waals surface area contributed by atoms with Gasteiger partial charge in [-0.3, -0.25) is 0 Å². The average molecular weight is 321 g/mol. The molecule has 0 aliphatic carbocycles. The number of hydrogen-bond donors (Lipinski definition) is 2. The molecule has 0 aliphatic rings. The molecule has 5 nitrogen and oxygen atoms in total. The van der Waals surface area contributed by atoms with E-state index in [1.807, 2.05) is 0 Å². The van der Waals surface area contributed by atoms with Gasteiger partial charge in [-0.15, -0.1) is 0 Å². The maximum atomic E-state index is 12.0. The maximum absolute atomic E-state index is 12.0. The standard InChI is InChI=1S/C8H8Cl2F2N2O3S/c9-5-1-4(2-13-7(5)10)18(16,17)14-3-6(15)8(11)12/h1-2,6,8,14-15H,3H2. The smallest absolute Gasteiger partial charge is 0.265 e. The van der Waals surface area contributed by atoms with Gasteiger partial charge in [0, 0.05) is 12.7 Å². The van der Waals surface area contributed by atoms with Crippen LogP contribution < -0.4 is 4.72 Å². The van der Waals surface area contributed by atoms with Crippen molar-refractivity contribution in [3.05, 3.63) is 22.4 Å². The summed E-state index contributed by atoms with van der Waals surface area (Å²) >= 11 is 11.1. The minimum Gasteiger partial charge on any atom is -0.386 e. The number of pyridine rings is 1. The van der Waals surface area contributed by atoms with Gasteiger partial charge in [-0.05, 0) is 6.07 Å². The van der Waals surface area contributed by atoms with Crippen LogP contribution in [0.5, 0.6) is 0 Å². The first-order valence-electron chi connectivity index (χ1n) is 4.51. The van der Waals surface area contributed by atoms with Crippen LogP contribution in [-0.4, -0.2) is 37.6 Å². The molecule has 102 valence electrons. The summed E-state index contributed by atoms with van der Waals surface area (Å²) in [6, 6.07) is 1.02. The highest BCUT2D eigenvalue weighted by Crippen LogP contribution is 2.21. The van der Waals surface area contributed by atoms with Crippen LogP contribution in [0.15, 0.2) is 17.2 Å². The molecule has 1 unspecified atom stereocenters. The van der Waals surface area contributed by atoms with Crippen LogP contribution >= 0.6 is 23.2 Å². The van der Waals surface area contributed by atoms with E-state index in [0.717, 1.165) is 12.3 Å². The number of hydrogen-bond acceptors (Lipinski definition) is 4. The van der Waals surface area contributed by atoms with Gasteiger partial charge in [0.1, 0.15) is 16.2 Å². The topological polar surface area (TPSA) is 79.3 Å². The molecule has 0 amide bonds. The number of alkyl halides is 2. The predicted octanol–water partition coefficient (Wildman–Crippen LogP) is 1.29. The number of nitrogens with one attached hydrogen (secondary N) is 1. The number of aliphatic hydroxyl groups excluding tert-OH is 1. The lowest BCUT2D eigenvalue weighted by atomic mass is 10.4. The Bertz CT molecular complexity index is 527. The zero-order chi connectivity index (χ0) is 13.9. The van der Waals surface area contributed by atoms with Crippen LogP contribution in [0.25, 0.3) is 0 Å². The van der Waals surface area contributed by atoms with Crippen molar-refractivity contribution in [2.75, 3.05) is 6.54 Å². The molecule has 10 heteroatoms. The van der Waals surface area contributed by atoms with E-state index in [0.29, 0.717) is 0 Å². The molecule has 0 aromatic carbocycles. The number of sulfonamides is 1. The van der Waals surface area contributed by atoms with Crippen LogP contribution in [0, 0.1) is 0 Å². The predicted molar refractivity (Wildman–Crippen MR) is 61.5 cm³/mol. The van der Waals surface area contributed by atoms with Gasteiger partial charge in [0.05, 0.1) is 5.02 Å². The molecule has 0 saturated carbocycles. The van der Waals surface area contributed by atoms with Crippen molar-refractivity contribution in [2.24, 2.45) is 0 Å². The molecule has 18 heavy (non-hydrogen) atoms. The normalized spacial score (nSPS) is 13.9. The summed E-state index contributed by atoms with van der Waals surface area (Å²) < 4.78 is 49.0. The summed E-state index contributed by atoms with van der Waals surface area (Å²) in [4.78, 5) is 3.18. The summed E-state index contributed by atoms with van der Waals surface area (Å²) in [6.07, 6.45) is -4.21. The van der Waals surface area contributed by atoms with Crippen LogP contribution in [0.4, 0.5) is 8.78 Å². The number of nitrogens with zero attached hydrogens (tertiary/aromatic N) is 1. The van der Waals surface area contributed by atoms with Gasteiger partial charge in [-0.25, -0.2) is 26.9 Å². The van der Waals surface area contributed by atoms with Crippen molar-refractivity contribution < 1.29 is 22.3 Å².